The van der Waals surface area contributed by atoms with Gasteiger partial charge in [0, 0.05) is 18.7 Å². The van der Waals surface area contributed by atoms with E-state index in [-0.39, 0.29) is 5.69 Å². The summed E-state index contributed by atoms with van der Waals surface area (Å²) in [6.45, 7) is 2.06. The number of anilines is 1. The Morgan fingerprint density at radius 1 is 1.30 bits per heavy atom. The highest BCUT2D eigenvalue weighted by Crippen LogP contribution is 2.32. The molecule has 20 heavy (non-hydrogen) atoms. The Morgan fingerprint density at radius 2 is 2.05 bits per heavy atom. The fraction of sp³-hybridized carbons (Fsp3) is 0.286. The zero-order chi connectivity index (χ0) is 14.1. The molecule has 0 spiro atoms. The van der Waals surface area contributed by atoms with Crippen LogP contribution in [0.4, 0.5) is 5.69 Å². The Morgan fingerprint density at radius 3 is 2.65 bits per heavy atom. The van der Waals surface area contributed by atoms with Gasteiger partial charge in [-0.1, -0.05) is 17.7 Å². The summed E-state index contributed by atoms with van der Waals surface area (Å²) in [4.78, 5) is 13.1. The number of rotatable bonds is 3. The molecule has 0 unspecified atom stereocenters. The lowest BCUT2D eigenvalue weighted by molar-refractivity contribution is 0.0690. The minimum absolute atomic E-state index is 0.0692. The summed E-state index contributed by atoms with van der Waals surface area (Å²) in [6.07, 6.45) is 2.39. The van der Waals surface area contributed by atoms with Crippen molar-refractivity contribution < 1.29 is 9.90 Å². The van der Waals surface area contributed by atoms with Gasteiger partial charge >= 0.3 is 5.97 Å². The van der Waals surface area contributed by atoms with Crippen molar-refractivity contribution in [3.63, 3.8) is 0 Å². The van der Waals surface area contributed by atoms with Gasteiger partial charge in [0.15, 0.2) is 0 Å². The van der Waals surface area contributed by atoms with Crippen LogP contribution in [-0.4, -0.2) is 34.4 Å². The van der Waals surface area contributed by atoms with Crippen LogP contribution in [0, 0.1) is 0 Å². The van der Waals surface area contributed by atoms with Crippen LogP contribution in [-0.2, 0) is 0 Å². The summed E-state index contributed by atoms with van der Waals surface area (Å²) in [5.74, 6) is -1.02. The second-order valence-corrected chi connectivity index (χ2v) is 5.24. The van der Waals surface area contributed by atoms with E-state index in [1.165, 1.54) is 18.9 Å². The highest BCUT2D eigenvalue weighted by Gasteiger charge is 2.16. The van der Waals surface area contributed by atoms with Crippen LogP contribution in [0.5, 0.6) is 0 Å². The van der Waals surface area contributed by atoms with Crippen LogP contribution in [0.2, 0.25) is 5.02 Å². The summed E-state index contributed by atoms with van der Waals surface area (Å²) in [6, 6.07) is 7.22. The Bertz CT molecular complexity index is 648. The average molecular weight is 292 g/mol. The number of carboxylic acid groups (broad SMARTS) is 1. The molecule has 1 aliphatic rings. The third kappa shape index (κ3) is 2.36. The maximum Gasteiger partial charge on any atom is 0.353 e. The topological polar surface area (TPSA) is 69.2 Å². The molecule has 0 bridgehead atoms. The molecule has 2 heterocycles. The Hall–Kier alpha value is -2.01. The summed E-state index contributed by atoms with van der Waals surface area (Å²) >= 11 is 6.33. The van der Waals surface area contributed by atoms with E-state index in [1.807, 2.05) is 18.2 Å². The molecule has 0 saturated carbocycles. The van der Waals surface area contributed by atoms with Crippen LogP contribution in [0.15, 0.2) is 24.3 Å². The molecule has 5 nitrogen and oxygen atoms in total. The summed E-state index contributed by atoms with van der Waals surface area (Å²) < 4.78 is 0. The SMILES string of the molecule is O=C(O)c1cc(-c2ccc(N3CCCC3)c(Cl)c2)n[nH]1. The molecule has 2 aromatic rings. The lowest BCUT2D eigenvalue weighted by Crippen LogP contribution is -2.17. The third-order valence-corrected chi connectivity index (χ3v) is 3.80. The normalized spacial score (nSPS) is 14.8. The van der Waals surface area contributed by atoms with Crippen LogP contribution >= 0.6 is 11.6 Å². The summed E-state index contributed by atoms with van der Waals surface area (Å²) in [5, 5.41) is 16.0. The Balaban J connectivity index is 1.90. The van der Waals surface area contributed by atoms with Crippen LogP contribution in [0.1, 0.15) is 23.3 Å². The van der Waals surface area contributed by atoms with E-state index in [0.29, 0.717) is 10.7 Å². The van der Waals surface area contributed by atoms with E-state index in [2.05, 4.69) is 15.1 Å². The predicted octanol–water partition coefficient (Wildman–Crippen LogP) is 3.03. The number of H-pyrrole nitrogens is 1. The predicted molar refractivity (Wildman–Crippen MR) is 77.4 cm³/mol. The number of aromatic nitrogens is 2. The molecule has 104 valence electrons. The van der Waals surface area contributed by atoms with Crippen molar-refractivity contribution in [1.82, 2.24) is 10.2 Å². The fourth-order valence-corrected chi connectivity index (χ4v) is 2.76. The highest BCUT2D eigenvalue weighted by atomic mass is 35.5. The smallest absolute Gasteiger partial charge is 0.353 e. The molecule has 1 fully saturated rings. The molecule has 0 radical (unpaired) electrons. The first-order valence-electron chi connectivity index (χ1n) is 6.49. The van der Waals surface area contributed by atoms with Crippen molar-refractivity contribution in [3.05, 3.63) is 35.0 Å². The fourth-order valence-electron chi connectivity index (χ4n) is 2.46. The van der Waals surface area contributed by atoms with E-state index in [1.54, 1.807) is 0 Å². The Labute approximate surface area is 121 Å². The van der Waals surface area contributed by atoms with E-state index >= 15 is 0 Å². The minimum atomic E-state index is -1.02. The number of aromatic amines is 1. The van der Waals surface area contributed by atoms with Crippen molar-refractivity contribution in [2.24, 2.45) is 0 Å². The molecule has 0 amide bonds. The third-order valence-electron chi connectivity index (χ3n) is 3.50. The largest absolute Gasteiger partial charge is 0.477 e. The van der Waals surface area contributed by atoms with Gasteiger partial charge in [-0.2, -0.15) is 5.10 Å². The van der Waals surface area contributed by atoms with Crippen molar-refractivity contribution >= 4 is 23.3 Å². The molecule has 0 atom stereocenters. The average Bonchev–Trinajstić information content (AvgIpc) is 3.10. The summed E-state index contributed by atoms with van der Waals surface area (Å²) in [5.41, 5.74) is 2.49. The van der Waals surface area contributed by atoms with Crippen molar-refractivity contribution in [3.8, 4) is 11.3 Å². The lowest BCUT2D eigenvalue weighted by Gasteiger charge is -2.19. The van der Waals surface area contributed by atoms with Crippen LogP contribution in [0.25, 0.3) is 11.3 Å². The molecule has 6 heteroatoms. The number of carbonyl (C=O) groups is 1. The van der Waals surface area contributed by atoms with Gasteiger partial charge < -0.3 is 10.0 Å². The number of benzene rings is 1. The monoisotopic (exact) mass is 291 g/mol. The molecule has 1 aliphatic heterocycles. The number of carboxylic acids is 1. The molecule has 0 aliphatic carbocycles. The Kier molecular flexibility index (Phi) is 3.36. The number of halogens is 1. The second kappa shape index (κ2) is 5.17. The number of hydrogen-bond donors (Lipinski definition) is 2. The summed E-state index contributed by atoms with van der Waals surface area (Å²) in [7, 11) is 0. The van der Waals surface area contributed by atoms with Gasteiger partial charge in [0.2, 0.25) is 0 Å². The van der Waals surface area contributed by atoms with E-state index in [0.717, 1.165) is 24.3 Å². The molecule has 1 aromatic heterocycles. The standard InChI is InChI=1S/C14H14ClN3O2/c15-10-7-9(11-8-12(14(19)20)17-16-11)3-4-13(10)18-5-1-2-6-18/h3-4,7-8H,1-2,5-6H2,(H,16,17)(H,19,20). The van der Waals surface area contributed by atoms with Gasteiger partial charge in [-0.3, -0.25) is 5.10 Å². The first kappa shape index (κ1) is 13.0. The highest BCUT2D eigenvalue weighted by molar-refractivity contribution is 6.33. The van der Waals surface area contributed by atoms with Gasteiger partial charge in [-0.25, -0.2) is 4.79 Å². The van der Waals surface area contributed by atoms with Crippen molar-refractivity contribution in [2.45, 2.75) is 12.8 Å². The number of aromatic carboxylic acids is 1. The molecule has 3 rings (SSSR count). The molecule has 1 saturated heterocycles. The minimum Gasteiger partial charge on any atom is -0.477 e. The second-order valence-electron chi connectivity index (χ2n) is 4.83. The zero-order valence-electron chi connectivity index (χ0n) is 10.8. The maximum absolute atomic E-state index is 10.8. The first-order valence-corrected chi connectivity index (χ1v) is 6.86. The number of hydrogen-bond acceptors (Lipinski definition) is 3. The zero-order valence-corrected chi connectivity index (χ0v) is 11.5. The van der Waals surface area contributed by atoms with Gasteiger partial charge in [0.05, 0.1) is 16.4 Å². The molecular weight excluding hydrogens is 278 g/mol. The lowest BCUT2D eigenvalue weighted by atomic mass is 10.1. The first-order chi connectivity index (χ1) is 9.65. The van der Waals surface area contributed by atoms with Crippen molar-refractivity contribution in [1.29, 1.82) is 0 Å². The van der Waals surface area contributed by atoms with Crippen LogP contribution < -0.4 is 4.90 Å². The molecular formula is C14H14ClN3O2. The van der Waals surface area contributed by atoms with Crippen molar-refractivity contribution in [2.75, 3.05) is 18.0 Å². The van der Waals surface area contributed by atoms with E-state index in [9.17, 15) is 4.79 Å². The van der Waals surface area contributed by atoms with Gasteiger partial charge in [0.1, 0.15) is 5.69 Å². The van der Waals surface area contributed by atoms with E-state index in [4.69, 9.17) is 16.7 Å². The van der Waals surface area contributed by atoms with Gasteiger partial charge in [-0.15, -0.1) is 0 Å². The van der Waals surface area contributed by atoms with E-state index < -0.39 is 5.97 Å². The van der Waals surface area contributed by atoms with Crippen LogP contribution in [0.3, 0.4) is 0 Å². The maximum atomic E-state index is 10.8. The number of nitrogens with zero attached hydrogens (tertiary/aromatic N) is 2. The molecule has 2 N–H and O–H groups in total. The van der Waals surface area contributed by atoms with Gasteiger partial charge in [-0.05, 0) is 31.0 Å². The van der Waals surface area contributed by atoms with Gasteiger partial charge in [0.25, 0.3) is 0 Å². The number of nitrogens with one attached hydrogen (secondary N) is 1. The molecule has 1 aromatic carbocycles. The quantitative estimate of drug-likeness (QED) is 0.912.